The fourth-order valence-corrected chi connectivity index (χ4v) is 1.56. The van der Waals surface area contributed by atoms with Gasteiger partial charge in [0.1, 0.15) is 0 Å². The van der Waals surface area contributed by atoms with Crippen LogP contribution in [0.25, 0.3) is 0 Å². The predicted molar refractivity (Wildman–Crippen MR) is 75.0 cm³/mol. The van der Waals surface area contributed by atoms with Crippen LogP contribution in [0.5, 0.6) is 0 Å². The van der Waals surface area contributed by atoms with Crippen LogP contribution in [0.4, 0.5) is 0 Å². The van der Waals surface area contributed by atoms with Crippen molar-refractivity contribution in [3.05, 3.63) is 30.1 Å². The monoisotopic (exact) mass is 328 g/mol. The summed E-state index contributed by atoms with van der Waals surface area (Å²) in [4.78, 5) is 40.5. The van der Waals surface area contributed by atoms with Crippen LogP contribution in [0.1, 0.15) is 17.9 Å². The number of aromatic nitrogens is 1. The van der Waals surface area contributed by atoms with E-state index in [1.807, 2.05) is 18.5 Å². The van der Waals surface area contributed by atoms with E-state index in [1.54, 1.807) is 0 Å². The van der Waals surface area contributed by atoms with Crippen molar-refractivity contribution in [1.29, 1.82) is 0 Å². The van der Waals surface area contributed by atoms with E-state index in [-0.39, 0.29) is 0 Å². The van der Waals surface area contributed by atoms with E-state index in [4.69, 9.17) is 39.6 Å². The van der Waals surface area contributed by atoms with E-state index < -0.39 is 23.9 Å². The van der Waals surface area contributed by atoms with Crippen LogP contribution in [0, 0.1) is 0 Å². The predicted octanol–water partition coefficient (Wildman–Crippen LogP) is -0.530. The lowest BCUT2D eigenvalue weighted by Crippen LogP contribution is -2.09. The van der Waals surface area contributed by atoms with Crippen molar-refractivity contribution in [3.8, 4) is 0 Å². The zero-order valence-electron chi connectivity index (χ0n) is 11.9. The van der Waals surface area contributed by atoms with Crippen LogP contribution >= 0.6 is 0 Å². The Morgan fingerprint density at radius 3 is 1.83 bits per heavy atom. The fourth-order valence-electron chi connectivity index (χ4n) is 1.56. The Morgan fingerprint density at radius 1 is 1.00 bits per heavy atom. The average Bonchev–Trinajstić information content (AvgIpc) is 3.03. The van der Waals surface area contributed by atoms with Gasteiger partial charge in [0.2, 0.25) is 0 Å². The summed E-state index contributed by atoms with van der Waals surface area (Å²) in [7, 11) is 0. The topological polar surface area (TPSA) is 174 Å². The minimum atomic E-state index is -1.82. The number of rotatable bonds is 1. The molecular formula is C13H16N2O8. The number of pyridine rings is 1. The van der Waals surface area contributed by atoms with E-state index in [0.717, 1.165) is 13.1 Å². The Bertz CT molecular complexity index is 492. The molecule has 10 heteroatoms. The summed E-state index contributed by atoms with van der Waals surface area (Å²) in [6, 6.07) is 4.16. The highest BCUT2D eigenvalue weighted by molar-refractivity contribution is 6.27. The zero-order valence-corrected chi connectivity index (χ0v) is 11.9. The number of carboxylic acids is 4. The highest BCUT2D eigenvalue weighted by atomic mass is 16.4. The van der Waals surface area contributed by atoms with Gasteiger partial charge in [-0.25, -0.2) is 19.2 Å². The Hall–Kier alpha value is -3.01. The molecule has 5 N–H and O–H groups in total. The molecule has 1 saturated heterocycles. The lowest BCUT2D eigenvalue weighted by molar-refractivity contribution is -0.159. The van der Waals surface area contributed by atoms with E-state index in [9.17, 15) is 0 Å². The van der Waals surface area contributed by atoms with Crippen molar-refractivity contribution < 1.29 is 39.6 Å². The maximum atomic E-state index is 9.10. The number of hydrogen-bond acceptors (Lipinski definition) is 6. The normalized spacial score (nSPS) is 15.2. The molecule has 1 aromatic heterocycles. The molecule has 1 atom stereocenters. The third-order valence-electron chi connectivity index (χ3n) is 2.58. The standard InChI is InChI=1S/C9H12N2.2C2H2O4/c1-2-8(6-10-4-1)9-3-5-11-7-9;2*3-1(4)2(5)6/h1-2,4,6,9,11H,3,5,7H2;2*(H,3,4)(H,5,6). The molecule has 2 heterocycles. The molecular weight excluding hydrogens is 312 g/mol. The molecule has 1 unspecified atom stereocenters. The number of carboxylic acid groups (broad SMARTS) is 4. The summed E-state index contributed by atoms with van der Waals surface area (Å²) in [5.74, 6) is -6.60. The van der Waals surface area contributed by atoms with Gasteiger partial charge >= 0.3 is 23.9 Å². The lowest BCUT2D eigenvalue weighted by Gasteiger charge is -2.05. The van der Waals surface area contributed by atoms with Gasteiger partial charge in [-0.1, -0.05) is 6.07 Å². The molecule has 0 aliphatic carbocycles. The average molecular weight is 328 g/mol. The highest BCUT2D eigenvalue weighted by Gasteiger charge is 2.15. The molecule has 0 bridgehead atoms. The molecule has 2 rings (SSSR count). The maximum Gasteiger partial charge on any atom is 0.414 e. The second-order valence-corrected chi connectivity index (χ2v) is 4.20. The van der Waals surface area contributed by atoms with Gasteiger partial charge in [0.15, 0.2) is 0 Å². The number of nitrogens with one attached hydrogen (secondary N) is 1. The van der Waals surface area contributed by atoms with Gasteiger partial charge in [-0.15, -0.1) is 0 Å². The molecule has 1 aliphatic heterocycles. The molecule has 1 aliphatic rings. The number of nitrogens with zero attached hydrogens (tertiary/aromatic N) is 1. The minimum Gasteiger partial charge on any atom is -0.473 e. The third kappa shape index (κ3) is 9.52. The minimum absolute atomic E-state index is 0.698. The largest absolute Gasteiger partial charge is 0.473 e. The number of carbonyl (C=O) groups is 4. The first-order chi connectivity index (χ1) is 10.8. The number of hydrogen-bond donors (Lipinski definition) is 5. The Labute approximate surface area is 130 Å². The van der Waals surface area contributed by atoms with E-state index >= 15 is 0 Å². The van der Waals surface area contributed by atoms with Gasteiger partial charge in [0, 0.05) is 18.9 Å². The molecule has 126 valence electrons. The molecule has 0 radical (unpaired) electrons. The van der Waals surface area contributed by atoms with Crippen LogP contribution in [0.2, 0.25) is 0 Å². The van der Waals surface area contributed by atoms with Crippen LogP contribution in [0.3, 0.4) is 0 Å². The van der Waals surface area contributed by atoms with Crippen molar-refractivity contribution in [2.75, 3.05) is 13.1 Å². The van der Waals surface area contributed by atoms with Gasteiger partial charge in [-0.05, 0) is 30.5 Å². The van der Waals surface area contributed by atoms with Gasteiger partial charge < -0.3 is 25.7 Å². The fraction of sp³-hybridized carbons (Fsp3) is 0.308. The summed E-state index contributed by atoms with van der Waals surface area (Å²) in [5, 5.41) is 32.9. The van der Waals surface area contributed by atoms with Crippen molar-refractivity contribution in [1.82, 2.24) is 10.3 Å². The summed E-state index contributed by atoms with van der Waals surface area (Å²) in [5.41, 5.74) is 1.37. The second-order valence-electron chi connectivity index (χ2n) is 4.20. The smallest absolute Gasteiger partial charge is 0.414 e. The summed E-state index contributed by atoms with van der Waals surface area (Å²) < 4.78 is 0. The highest BCUT2D eigenvalue weighted by Crippen LogP contribution is 2.20. The van der Waals surface area contributed by atoms with Crippen molar-refractivity contribution in [3.63, 3.8) is 0 Å². The Balaban J connectivity index is 0.000000349. The summed E-state index contributed by atoms with van der Waals surface area (Å²) in [6.07, 6.45) is 5.05. The summed E-state index contributed by atoms with van der Waals surface area (Å²) >= 11 is 0. The first kappa shape index (κ1) is 20.0. The molecule has 10 nitrogen and oxygen atoms in total. The molecule has 0 saturated carbocycles. The summed E-state index contributed by atoms with van der Waals surface area (Å²) in [6.45, 7) is 2.27. The molecule has 0 aromatic carbocycles. The Morgan fingerprint density at radius 2 is 1.52 bits per heavy atom. The molecule has 0 spiro atoms. The first-order valence-corrected chi connectivity index (χ1v) is 6.28. The van der Waals surface area contributed by atoms with Gasteiger partial charge in [-0.2, -0.15) is 0 Å². The molecule has 23 heavy (non-hydrogen) atoms. The SMILES string of the molecule is O=C(O)C(=O)O.O=C(O)C(=O)O.c1cncc(C2CCNC2)c1. The van der Waals surface area contributed by atoms with Crippen LogP contribution in [0.15, 0.2) is 24.5 Å². The maximum absolute atomic E-state index is 9.10. The molecule has 1 fully saturated rings. The van der Waals surface area contributed by atoms with Crippen LogP contribution in [-0.2, 0) is 19.2 Å². The van der Waals surface area contributed by atoms with Crippen molar-refractivity contribution >= 4 is 23.9 Å². The van der Waals surface area contributed by atoms with Gasteiger partial charge in [-0.3, -0.25) is 4.98 Å². The van der Waals surface area contributed by atoms with Crippen molar-refractivity contribution in [2.45, 2.75) is 12.3 Å². The number of aliphatic carboxylic acids is 4. The van der Waals surface area contributed by atoms with Gasteiger partial charge in [0.05, 0.1) is 0 Å². The van der Waals surface area contributed by atoms with Gasteiger partial charge in [0.25, 0.3) is 0 Å². The van der Waals surface area contributed by atoms with E-state index in [2.05, 4.69) is 16.4 Å². The van der Waals surface area contributed by atoms with E-state index in [1.165, 1.54) is 12.0 Å². The van der Waals surface area contributed by atoms with Crippen LogP contribution in [-0.4, -0.2) is 62.4 Å². The molecule has 0 amide bonds. The van der Waals surface area contributed by atoms with Crippen LogP contribution < -0.4 is 5.32 Å². The Kier molecular flexibility index (Phi) is 9.28. The quantitative estimate of drug-likeness (QED) is 0.421. The zero-order chi connectivity index (χ0) is 17.8. The second kappa shape index (κ2) is 10.7. The first-order valence-electron chi connectivity index (χ1n) is 6.28. The lowest BCUT2D eigenvalue weighted by atomic mass is 10.0. The molecule has 1 aromatic rings. The van der Waals surface area contributed by atoms with E-state index in [0.29, 0.717) is 5.92 Å². The van der Waals surface area contributed by atoms with Crippen molar-refractivity contribution in [2.24, 2.45) is 0 Å². The third-order valence-corrected chi connectivity index (χ3v) is 2.58.